The lowest BCUT2D eigenvalue weighted by Crippen LogP contribution is -2.33. The molecule has 0 spiro atoms. The van der Waals surface area contributed by atoms with Crippen LogP contribution in [0.4, 0.5) is 0 Å². The predicted molar refractivity (Wildman–Crippen MR) is 72.6 cm³/mol. The Balaban J connectivity index is 2.30. The van der Waals surface area contributed by atoms with Crippen LogP contribution < -0.4 is 0 Å². The molecule has 0 amide bonds. The zero-order valence-electron chi connectivity index (χ0n) is 10.4. The SMILES string of the molecule is CC1CCCC(C#N)(C(O)c2cncc(Br)c2)C1. The minimum absolute atomic E-state index is 0.494. The first-order valence-corrected chi connectivity index (χ1v) is 7.06. The van der Waals surface area contributed by atoms with Crippen molar-refractivity contribution in [2.24, 2.45) is 11.3 Å². The third-order valence-corrected chi connectivity index (χ3v) is 4.25. The van der Waals surface area contributed by atoms with Crippen LogP contribution in [0.1, 0.15) is 44.3 Å². The van der Waals surface area contributed by atoms with Gasteiger partial charge in [-0.1, -0.05) is 19.8 Å². The van der Waals surface area contributed by atoms with Crippen LogP contribution in [0.3, 0.4) is 0 Å². The van der Waals surface area contributed by atoms with E-state index in [9.17, 15) is 10.4 Å². The van der Waals surface area contributed by atoms with Crippen LogP contribution in [0.2, 0.25) is 0 Å². The summed E-state index contributed by atoms with van der Waals surface area (Å²) in [6.07, 6.45) is 6.25. The Morgan fingerprint density at radius 3 is 3.00 bits per heavy atom. The van der Waals surface area contributed by atoms with Crippen molar-refractivity contribution < 1.29 is 5.11 Å². The Morgan fingerprint density at radius 1 is 1.61 bits per heavy atom. The molecule has 0 bridgehead atoms. The van der Waals surface area contributed by atoms with E-state index < -0.39 is 11.5 Å². The van der Waals surface area contributed by atoms with Crippen molar-refractivity contribution in [2.75, 3.05) is 0 Å². The highest BCUT2D eigenvalue weighted by Gasteiger charge is 2.42. The molecule has 0 saturated heterocycles. The first-order valence-electron chi connectivity index (χ1n) is 6.27. The van der Waals surface area contributed by atoms with Crippen molar-refractivity contribution in [1.29, 1.82) is 5.26 Å². The quantitative estimate of drug-likeness (QED) is 0.908. The van der Waals surface area contributed by atoms with Crippen LogP contribution in [-0.4, -0.2) is 10.1 Å². The van der Waals surface area contributed by atoms with Gasteiger partial charge in [-0.3, -0.25) is 4.98 Å². The van der Waals surface area contributed by atoms with Crippen molar-refractivity contribution in [3.05, 3.63) is 28.5 Å². The maximum absolute atomic E-state index is 10.6. The van der Waals surface area contributed by atoms with Gasteiger partial charge in [0.2, 0.25) is 0 Å². The first kappa shape index (κ1) is 13.5. The second-order valence-corrected chi connectivity index (χ2v) is 6.22. The molecule has 2 rings (SSSR count). The third-order valence-electron chi connectivity index (χ3n) is 3.82. The molecule has 1 aromatic heterocycles. The molecule has 1 heterocycles. The molecule has 1 fully saturated rings. The maximum Gasteiger partial charge on any atom is 0.0991 e. The molecule has 1 N–H and O–H groups in total. The van der Waals surface area contributed by atoms with Gasteiger partial charge in [0.15, 0.2) is 0 Å². The Labute approximate surface area is 116 Å². The number of pyridine rings is 1. The number of aliphatic hydroxyl groups excluding tert-OH is 1. The number of nitriles is 1. The largest absolute Gasteiger partial charge is 0.387 e. The van der Waals surface area contributed by atoms with Crippen LogP contribution in [-0.2, 0) is 0 Å². The summed E-state index contributed by atoms with van der Waals surface area (Å²) in [4.78, 5) is 4.07. The standard InChI is InChI=1S/C14H17BrN2O/c1-10-3-2-4-14(6-10,9-16)13(18)11-5-12(15)8-17-7-11/h5,7-8,10,13,18H,2-4,6H2,1H3. The van der Waals surface area contributed by atoms with Gasteiger partial charge in [0.25, 0.3) is 0 Å². The van der Waals surface area contributed by atoms with E-state index in [1.807, 2.05) is 6.07 Å². The lowest BCUT2D eigenvalue weighted by molar-refractivity contribution is 0.0217. The topological polar surface area (TPSA) is 56.9 Å². The molecule has 0 aliphatic heterocycles. The normalized spacial score (nSPS) is 29.6. The molecule has 0 aromatic carbocycles. The van der Waals surface area contributed by atoms with Crippen molar-refractivity contribution >= 4 is 15.9 Å². The summed E-state index contributed by atoms with van der Waals surface area (Å²) >= 11 is 3.35. The van der Waals surface area contributed by atoms with Crippen LogP contribution in [0, 0.1) is 22.7 Å². The smallest absolute Gasteiger partial charge is 0.0991 e. The van der Waals surface area contributed by atoms with Gasteiger partial charge in [-0.05, 0) is 40.8 Å². The van der Waals surface area contributed by atoms with Gasteiger partial charge >= 0.3 is 0 Å². The highest BCUT2D eigenvalue weighted by Crippen LogP contribution is 2.47. The van der Waals surface area contributed by atoms with E-state index in [2.05, 4.69) is 33.9 Å². The Hall–Kier alpha value is -0.920. The Bertz CT molecular complexity index is 471. The first-order chi connectivity index (χ1) is 8.57. The van der Waals surface area contributed by atoms with Gasteiger partial charge in [-0.15, -0.1) is 0 Å². The van der Waals surface area contributed by atoms with Gasteiger partial charge in [0.05, 0.1) is 17.6 Å². The van der Waals surface area contributed by atoms with E-state index in [0.29, 0.717) is 5.92 Å². The van der Waals surface area contributed by atoms with E-state index in [-0.39, 0.29) is 0 Å². The zero-order valence-corrected chi connectivity index (χ0v) is 12.0. The highest BCUT2D eigenvalue weighted by molar-refractivity contribution is 9.10. The van der Waals surface area contributed by atoms with Gasteiger partial charge in [0.1, 0.15) is 0 Å². The summed E-state index contributed by atoms with van der Waals surface area (Å²) in [7, 11) is 0. The number of hydrogen-bond donors (Lipinski definition) is 1. The molecule has 1 aliphatic rings. The van der Waals surface area contributed by atoms with E-state index in [4.69, 9.17) is 0 Å². The molecule has 4 heteroatoms. The second kappa shape index (κ2) is 5.38. The monoisotopic (exact) mass is 308 g/mol. The van der Waals surface area contributed by atoms with Crippen LogP contribution in [0.15, 0.2) is 22.9 Å². The van der Waals surface area contributed by atoms with Crippen molar-refractivity contribution in [3.63, 3.8) is 0 Å². The molecular formula is C14H17BrN2O. The minimum atomic E-state index is -0.754. The zero-order chi connectivity index (χ0) is 13.2. The lowest BCUT2D eigenvalue weighted by atomic mass is 9.66. The third kappa shape index (κ3) is 2.57. The highest BCUT2D eigenvalue weighted by atomic mass is 79.9. The number of hydrogen-bond acceptors (Lipinski definition) is 3. The maximum atomic E-state index is 10.6. The summed E-state index contributed by atoms with van der Waals surface area (Å²) in [6.45, 7) is 2.15. The summed E-state index contributed by atoms with van der Waals surface area (Å²) in [5.41, 5.74) is 0.0696. The molecule has 0 radical (unpaired) electrons. The molecule has 18 heavy (non-hydrogen) atoms. The van der Waals surface area contributed by atoms with Crippen LogP contribution >= 0.6 is 15.9 Å². The Morgan fingerprint density at radius 2 is 2.39 bits per heavy atom. The molecule has 1 saturated carbocycles. The molecular weight excluding hydrogens is 292 g/mol. The van der Waals surface area contributed by atoms with Crippen molar-refractivity contribution in [1.82, 2.24) is 4.98 Å². The Kier molecular flexibility index (Phi) is 4.04. The van der Waals surface area contributed by atoms with Crippen molar-refractivity contribution in [3.8, 4) is 6.07 Å². The molecule has 3 atom stereocenters. The number of halogens is 1. The molecule has 96 valence electrons. The fourth-order valence-corrected chi connectivity index (χ4v) is 3.28. The number of nitrogens with zero attached hydrogens (tertiary/aromatic N) is 2. The predicted octanol–water partition coefficient (Wildman–Crippen LogP) is 3.60. The summed E-state index contributed by atoms with van der Waals surface area (Å²) in [5.74, 6) is 0.494. The van der Waals surface area contributed by atoms with Crippen LogP contribution in [0.5, 0.6) is 0 Å². The summed E-state index contributed by atoms with van der Waals surface area (Å²) < 4.78 is 0.830. The second-order valence-electron chi connectivity index (χ2n) is 5.31. The fraction of sp³-hybridized carbons (Fsp3) is 0.571. The minimum Gasteiger partial charge on any atom is -0.387 e. The average molecular weight is 309 g/mol. The molecule has 1 aromatic rings. The number of aliphatic hydroxyl groups is 1. The molecule has 1 aliphatic carbocycles. The number of rotatable bonds is 2. The van der Waals surface area contributed by atoms with Gasteiger partial charge < -0.3 is 5.11 Å². The molecule has 3 unspecified atom stereocenters. The van der Waals surface area contributed by atoms with E-state index >= 15 is 0 Å². The van der Waals surface area contributed by atoms with E-state index in [0.717, 1.165) is 35.7 Å². The van der Waals surface area contributed by atoms with Gasteiger partial charge in [0, 0.05) is 22.4 Å². The van der Waals surface area contributed by atoms with E-state index in [1.165, 1.54) is 0 Å². The van der Waals surface area contributed by atoms with Gasteiger partial charge in [-0.2, -0.15) is 5.26 Å². The fourth-order valence-electron chi connectivity index (χ4n) is 2.90. The number of aromatic nitrogens is 1. The van der Waals surface area contributed by atoms with Crippen molar-refractivity contribution in [2.45, 2.75) is 38.7 Å². The van der Waals surface area contributed by atoms with Gasteiger partial charge in [-0.25, -0.2) is 0 Å². The molecule has 3 nitrogen and oxygen atoms in total. The van der Waals surface area contributed by atoms with Crippen LogP contribution in [0.25, 0.3) is 0 Å². The summed E-state index contributed by atoms with van der Waals surface area (Å²) in [6, 6.07) is 4.22. The average Bonchev–Trinajstić information content (AvgIpc) is 2.37. The lowest BCUT2D eigenvalue weighted by Gasteiger charge is -2.38. The van der Waals surface area contributed by atoms with E-state index in [1.54, 1.807) is 12.4 Å². The summed E-state index contributed by atoms with van der Waals surface area (Å²) in [5, 5.41) is 20.1.